The fourth-order valence-electron chi connectivity index (χ4n) is 3.74. The molecule has 1 aromatic carbocycles. The average molecular weight is 382 g/mol. The average Bonchev–Trinajstić information content (AvgIpc) is 3.17. The normalized spacial score (nSPS) is 24.0. The Labute approximate surface area is 151 Å². The number of carbonyl (C=O) groups excluding carboxylic acids is 1. The van der Waals surface area contributed by atoms with Gasteiger partial charge in [0, 0.05) is 48.1 Å². The van der Waals surface area contributed by atoms with Gasteiger partial charge in [0.15, 0.2) is 9.84 Å². The summed E-state index contributed by atoms with van der Waals surface area (Å²) in [6.45, 7) is 2.67. The first-order valence-corrected chi connectivity index (χ1v) is 10.6. The Morgan fingerprint density at radius 1 is 1.16 bits per heavy atom. The molecule has 2 aromatic rings. The number of carbonyl (C=O) groups is 1. The van der Waals surface area contributed by atoms with Crippen molar-refractivity contribution in [3.05, 3.63) is 35.0 Å². The number of H-pyrrole nitrogens is 1. The molecular weight excluding hydrogens is 362 g/mol. The molecule has 1 N–H and O–H groups in total. The van der Waals surface area contributed by atoms with Gasteiger partial charge in [0.2, 0.25) is 0 Å². The van der Waals surface area contributed by atoms with Crippen LogP contribution in [-0.4, -0.2) is 72.8 Å². The lowest BCUT2D eigenvalue weighted by atomic mass is 10.2. The number of benzene rings is 1. The fourth-order valence-corrected chi connectivity index (χ4v) is 5.68. The molecule has 8 heteroatoms. The number of hydrogen-bond acceptors (Lipinski definition) is 4. The molecule has 0 aliphatic carbocycles. The molecule has 3 heterocycles. The van der Waals surface area contributed by atoms with E-state index in [4.69, 9.17) is 11.6 Å². The molecule has 2 aliphatic rings. The van der Waals surface area contributed by atoms with Crippen LogP contribution < -0.4 is 0 Å². The summed E-state index contributed by atoms with van der Waals surface area (Å²) in [6.07, 6.45) is 0.707. The highest BCUT2D eigenvalue weighted by Crippen LogP contribution is 2.22. The number of rotatable bonds is 2. The molecule has 6 nitrogen and oxygen atoms in total. The number of hydrogen-bond donors (Lipinski definition) is 1. The largest absolute Gasteiger partial charge is 0.351 e. The van der Waals surface area contributed by atoms with Gasteiger partial charge >= 0.3 is 0 Å². The summed E-state index contributed by atoms with van der Waals surface area (Å²) in [6, 6.07) is 7.44. The van der Waals surface area contributed by atoms with Crippen molar-refractivity contribution in [2.24, 2.45) is 0 Å². The van der Waals surface area contributed by atoms with Gasteiger partial charge in [0.1, 0.15) is 5.69 Å². The van der Waals surface area contributed by atoms with E-state index in [9.17, 15) is 13.2 Å². The summed E-state index contributed by atoms with van der Waals surface area (Å²) < 4.78 is 23.3. The van der Waals surface area contributed by atoms with Gasteiger partial charge in [-0.2, -0.15) is 0 Å². The van der Waals surface area contributed by atoms with E-state index in [2.05, 4.69) is 9.88 Å². The van der Waals surface area contributed by atoms with Crippen molar-refractivity contribution < 1.29 is 13.2 Å². The second-order valence-corrected chi connectivity index (χ2v) is 9.46. The van der Waals surface area contributed by atoms with Crippen molar-refractivity contribution in [2.45, 2.75) is 12.5 Å². The van der Waals surface area contributed by atoms with E-state index in [-0.39, 0.29) is 23.5 Å². The maximum atomic E-state index is 12.7. The second kappa shape index (κ2) is 6.30. The first-order valence-electron chi connectivity index (χ1n) is 8.43. The maximum absolute atomic E-state index is 12.7. The van der Waals surface area contributed by atoms with Crippen LogP contribution in [0.4, 0.5) is 0 Å². The van der Waals surface area contributed by atoms with Gasteiger partial charge < -0.3 is 9.88 Å². The van der Waals surface area contributed by atoms with Gasteiger partial charge in [-0.3, -0.25) is 9.69 Å². The van der Waals surface area contributed by atoms with E-state index in [0.29, 0.717) is 30.2 Å². The monoisotopic (exact) mass is 381 g/mol. The van der Waals surface area contributed by atoms with Crippen LogP contribution >= 0.6 is 11.6 Å². The van der Waals surface area contributed by atoms with Crippen molar-refractivity contribution in [1.82, 2.24) is 14.8 Å². The molecule has 0 bridgehead atoms. The molecule has 2 aliphatic heterocycles. The van der Waals surface area contributed by atoms with Crippen molar-refractivity contribution >= 4 is 38.2 Å². The first-order chi connectivity index (χ1) is 11.9. The highest BCUT2D eigenvalue weighted by molar-refractivity contribution is 7.91. The summed E-state index contributed by atoms with van der Waals surface area (Å²) in [5.41, 5.74) is 1.46. The zero-order chi connectivity index (χ0) is 17.6. The summed E-state index contributed by atoms with van der Waals surface area (Å²) in [5, 5.41) is 1.57. The molecule has 0 saturated carbocycles. The Morgan fingerprint density at radius 3 is 2.60 bits per heavy atom. The zero-order valence-corrected chi connectivity index (χ0v) is 15.3. The van der Waals surface area contributed by atoms with E-state index >= 15 is 0 Å². The predicted molar refractivity (Wildman–Crippen MR) is 97.8 cm³/mol. The number of sulfone groups is 1. The third kappa shape index (κ3) is 3.41. The smallest absolute Gasteiger partial charge is 0.270 e. The highest BCUT2D eigenvalue weighted by Gasteiger charge is 2.34. The van der Waals surface area contributed by atoms with Gasteiger partial charge in [-0.15, -0.1) is 0 Å². The quantitative estimate of drug-likeness (QED) is 0.860. The molecule has 134 valence electrons. The summed E-state index contributed by atoms with van der Waals surface area (Å²) >= 11 is 6.00. The molecule has 0 spiro atoms. The van der Waals surface area contributed by atoms with Gasteiger partial charge in [-0.25, -0.2) is 8.42 Å². The van der Waals surface area contributed by atoms with Crippen molar-refractivity contribution in [3.63, 3.8) is 0 Å². The van der Waals surface area contributed by atoms with Crippen LogP contribution in [0.1, 0.15) is 16.9 Å². The third-order valence-electron chi connectivity index (χ3n) is 5.14. The Kier molecular flexibility index (Phi) is 4.25. The van der Waals surface area contributed by atoms with Crippen molar-refractivity contribution in [1.29, 1.82) is 0 Å². The Balaban J connectivity index is 1.42. The lowest BCUT2D eigenvalue weighted by Crippen LogP contribution is -2.52. The van der Waals surface area contributed by atoms with E-state index in [1.165, 1.54) is 0 Å². The SMILES string of the molecule is O=C(c1cc2cc(Cl)ccc2[nH]1)N1CCN(C2CCS(=O)(=O)C2)CC1. The number of amides is 1. The first kappa shape index (κ1) is 16.9. The highest BCUT2D eigenvalue weighted by atomic mass is 35.5. The van der Waals surface area contributed by atoms with Crippen LogP contribution in [0, 0.1) is 0 Å². The van der Waals surface area contributed by atoms with Crippen LogP contribution in [0.15, 0.2) is 24.3 Å². The maximum Gasteiger partial charge on any atom is 0.270 e. The lowest BCUT2D eigenvalue weighted by molar-refractivity contribution is 0.0583. The summed E-state index contributed by atoms with van der Waals surface area (Å²) in [4.78, 5) is 19.9. The van der Waals surface area contributed by atoms with E-state index in [1.807, 2.05) is 23.1 Å². The van der Waals surface area contributed by atoms with Gasteiger partial charge in [0.05, 0.1) is 11.5 Å². The van der Waals surface area contributed by atoms with E-state index in [1.54, 1.807) is 6.07 Å². The number of piperazine rings is 1. The topological polar surface area (TPSA) is 73.5 Å². The van der Waals surface area contributed by atoms with Crippen molar-refractivity contribution in [2.75, 3.05) is 37.7 Å². The molecule has 25 heavy (non-hydrogen) atoms. The van der Waals surface area contributed by atoms with Gasteiger partial charge in [-0.1, -0.05) is 11.6 Å². The number of fused-ring (bicyclic) bond motifs is 1. The van der Waals surface area contributed by atoms with Crippen molar-refractivity contribution in [3.8, 4) is 0 Å². The van der Waals surface area contributed by atoms with Gasteiger partial charge in [0.25, 0.3) is 5.91 Å². The number of aromatic nitrogens is 1. The number of nitrogens with zero attached hydrogens (tertiary/aromatic N) is 2. The lowest BCUT2D eigenvalue weighted by Gasteiger charge is -2.37. The molecule has 2 saturated heterocycles. The second-order valence-electron chi connectivity index (χ2n) is 6.80. The van der Waals surface area contributed by atoms with Crippen LogP contribution in [0.3, 0.4) is 0 Å². The number of halogens is 1. The standard InChI is InChI=1S/C17H20ClN3O3S/c18-13-1-2-15-12(9-13)10-16(19-15)17(22)21-6-4-20(5-7-21)14-3-8-25(23,24)11-14/h1-2,9-10,14,19H,3-8,11H2. The number of aromatic amines is 1. The predicted octanol–water partition coefficient (Wildman–Crippen LogP) is 1.77. The molecule has 0 radical (unpaired) electrons. The Morgan fingerprint density at radius 2 is 1.92 bits per heavy atom. The summed E-state index contributed by atoms with van der Waals surface area (Å²) in [7, 11) is -2.87. The molecular formula is C17H20ClN3O3S. The third-order valence-corrected chi connectivity index (χ3v) is 7.12. The summed E-state index contributed by atoms with van der Waals surface area (Å²) in [5.74, 6) is 0.518. The van der Waals surface area contributed by atoms with Crippen LogP contribution in [0.2, 0.25) is 5.02 Å². The van der Waals surface area contributed by atoms with E-state index < -0.39 is 9.84 Å². The minimum absolute atomic E-state index is 0.0222. The molecule has 2 fully saturated rings. The minimum Gasteiger partial charge on any atom is -0.351 e. The zero-order valence-electron chi connectivity index (χ0n) is 13.7. The molecule has 1 aromatic heterocycles. The van der Waals surface area contributed by atoms with Crippen LogP contribution in [0.5, 0.6) is 0 Å². The van der Waals surface area contributed by atoms with E-state index in [0.717, 1.165) is 24.0 Å². The molecule has 1 amide bonds. The van der Waals surface area contributed by atoms with Crippen LogP contribution in [-0.2, 0) is 9.84 Å². The fraction of sp³-hybridized carbons (Fsp3) is 0.471. The Hall–Kier alpha value is -1.57. The number of nitrogens with one attached hydrogen (secondary N) is 1. The molecule has 4 rings (SSSR count). The minimum atomic E-state index is -2.87. The van der Waals surface area contributed by atoms with Crippen LogP contribution in [0.25, 0.3) is 10.9 Å². The molecule has 1 unspecified atom stereocenters. The van der Waals surface area contributed by atoms with Gasteiger partial charge in [-0.05, 0) is 30.7 Å². The Bertz CT molecular complexity index is 916. The molecule has 1 atom stereocenters.